The minimum atomic E-state index is 0.699. The third-order valence-electron chi connectivity index (χ3n) is 1.79. The molecule has 0 fully saturated rings. The van der Waals surface area contributed by atoms with Gasteiger partial charge in [-0.25, -0.2) is 0 Å². The van der Waals surface area contributed by atoms with E-state index in [1.807, 2.05) is 18.2 Å². The minimum absolute atomic E-state index is 0.699. The summed E-state index contributed by atoms with van der Waals surface area (Å²) in [6.07, 6.45) is 3.12. The van der Waals surface area contributed by atoms with E-state index in [1.54, 1.807) is 0 Å². The van der Waals surface area contributed by atoms with Gasteiger partial charge in [0.25, 0.3) is 0 Å². The molecule has 12 heavy (non-hydrogen) atoms. The smallest absolute Gasteiger partial charge is 0.0258 e. The van der Waals surface area contributed by atoms with Crippen LogP contribution in [0.25, 0.3) is 5.57 Å². The van der Waals surface area contributed by atoms with Gasteiger partial charge in [0.2, 0.25) is 0 Å². The summed E-state index contributed by atoms with van der Waals surface area (Å²) >= 11 is 5.59. The molecule has 0 heterocycles. The van der Waals surface area contributed by atoms with Crippen molar-refractivity contribution in [3.05, 3.63) is 42.0 Å². The Morgan fingerprint density at radius 2 is 2.00 bits per heavy atom. The summed E-state index contributed by atoms with van der Waals surface area (Å²) in [6.45, 7) is 2.11. The van der Waals surface area contributed by atoms with Crippen molar-refractivity contribution in [1.82, 2.24) is 0 Å². The summed E-state index contributed by atoms with van der Waals surface area (Å²) in [4.78, 5) is 0. The largest absolute Gasteiger partial charge is 0.126 e. The second-order valence-corrected chi connectivity index (χ2v) is 3.11. The van der Waals surface area contributed by atoms with E-state index < -0.39 is 0 Å². The van der Waals surface area contributed by atoms with Gasteiger partial charge in [-0.2, -0.15) is 0 Å². The van der Waals surface area contributed by atoms with Gasteiger partial charge in [0.15, 0.2) is 0 Å². The number of allylic oxidation sites excluding steroid dienone is 2. The number of benzene rings is 1. The highest BCUT2D eigenvalue weighted by Gasteiger charge is 1.91. The first-order valence-corrected chi connectivity index (χ1v) is 4.66. The van der Waals surface area contributed by atoms with E-state index in [9.17, 15) is 0 Å². The quantitative estimate of drug-likeness (QED) is 0.622. The molecule has 64 valence electrons. The highest BCUT2D eigenvalue weighted by atomic mass is 35.5. The zero-order valence-corrected chi connectivity index (χ0v) is 8.01. The van der Waals surface area contributed by atoms with E-state index in [-0.39, 0.29) is 0 Å². The minimum Gasteiger partial charge on any atom is -0.126 e. The summed E-state index contributed by atoms with van der Waals surface area (Å²) in [5.41, 5.74) is 2.58. The fourth-order valence-electron chi connectivity index (χ4n) is 1.09. The molecule has 1 rings (SSSR count). The first-order valence-electron chi connectivity index (χ1n) is 4.12. The van der Waals surface area contributed by atoms with Crippen LogP contribution in [0.3, 0.4) is 0 Å². The van der Waals surface area contributed by atoms with Crippen LogP contribution in [-0.4, -0.2) is 5.88 Å². The Bertz CT molecular complexity index is 249. The molecule has 0 radical (unpaired) electrons. The Labute approximate surface area is 78.9 Å². The van der Waals surface area contributed by atoms with Crippen LogP contribution in [0.5, 0.6) is 0 Å². The molecule has 0 nitrogen and oxygen atoms in total. The van der Waals surface area contributed by atoms with Crippen molar-refractivity contribution in [2.45, 2.75) is 13.3 Å². The van der Waals surface area contributed by atoms with Crippen LogP contribution in [0.1, 0.15) is 18.9 Å². The van der Waals surface area contributed by atoms with Crippen molar-refractivity contribution < 1.29 is 0 Å². The van der Waals surface area contributed by atoms with Gasteiger partial charge in [0, 0.05) is 5.88 Å². The molecule has 1 heteroatoms. The molecule has 0 unspecified atom stereocenters. The third-order valence-corrected chi connectivity index (χ3v) is 2.01. The summed E-state index contributed by atoms with van der Waals surface area (Å²) in [7, 11) is 0. The Balaban J connectivity index is 2.71. The van der Waals surface area contributed by atoms with Crippen molar-refractivity contribution in [3.8, 4) is 0 Å². The second kappa shape index (κ2) is 5.00. The normalized spacial score (nSPS) is 11.7. The molecular formula is C11H13Cl. The lowest BCUT2D eigenvalue weighted by molar-refractivity contribution is 1.23. The fourth-order valence-corrected chi connectivity index (χ4v) is 1.20. The van der Waals surface area contributed by atoms with Gasteiger partial charge >= 0.3 is 0 Å². The van der Waals surface area contributed by atoms with Crippen LogP contribution in [0.4, 0.5) is 0 Å². The topological polar surface area (TPSA) is 0 Å². The molecule has 0 N–H and O–H groups in total. The van der Waals surface area contributed by atoms with Crippen LogP contribution in [-0.2, 0) is 0 Å². The highest BCUT2D eigenvalue weighted by molar-refractivity contribution is 6.17. The van der Waals surface area contributed by atoms with Gasteiger partial charge in [0.1, 0.15) is 0 Å². The lowest BCUT2D eigenvalue weighted by atomic mass is 10.1. The number of halogens is 1. The van der Waals surface area contributed by atoms with Crippen LogP contribution in [0.2, 0.25) is 0 Å². The molecule has 0 aliphatic heterocycles. The zero-order chi connectivity index (χ0) is 8.81. The second-order valence-electron chi connectivity index (χ2n) is 2.73. The molecule has 0 atom stereocenters. The van der Waals surface area contributed by atoms with E-state index in [4.69, 9.17) is 11.6 Å². The van der Waals surface area contributed by atoms with E-state index in [0.717, 1.165) is 6.42 Å². The first-order chi connectivity index (χ1) is 5.84. The average Bonchev–Trinajstić information content (AvgIpc) is 2.15. The maximum absolute atomic E-state index is 5.59. The molecule has 0 bridgehead atoms. The summed E-state index contributed by atoms with van der Waals surface area (Å²) in [6, 6.07) is 10.3. The van der Waals surface area contributed by atoms with Crippen molar-refractivity contribution in [3.63, 3.8) is 0 Å². The molecule has 0 aromatic heterocycles. The van der Waals surface area contributed by atoms with Crippen LogP contribution in [0.15, 0.2) is 36.4 Å². The van der Waals surface area contributed by atoms with Crippen molar-refractivity contribution in [2.75, 3.05) is 5.88 Å². The van der Waals surface area contributed by atoms with Gasteiger partial charge in [-0.1, -0.05) is 36.4 Å². The molecule has 0 saturated carbocycles. The summed E-state index contributed by atoms with van der Waals surface area (Å²) < 4.78 is 0. The highest BCUT2D eigenvalue weighted by Crippen LogP contribution is 2.13. The molecule has 1 aromatic rings. The Kier molecular flexibility index (Phi) is 3.89. The molecule has 0 aliphatic rings. The average molecular weight is 181 g/mol. The predicted octanol–water partition coefficient (Wildman–Crippen LogP) is 3.72. The van der Waals surface area contributed by atoms with E-state index in [0.29, 0.717) is 5.88 Å². The monoisotopic (exact) mass is 180 g/mol. The van der Waals surface area contributed by atoms with Gasteiger partial charge < -0.3 is 0 Å². The zero-order valence-electron chi connectivity index (χ0n) is 7.26. The van der Waals surface area contributed by atoms with Crippen LogP contribution >= 0.6 is 11.6 Å². The van der Waals surface area contributed by atoms with Gasteiger partial charge in [-0.3, -0.25) is 0 Å². The SMILES string of the molecule is C/C(=C/CCCl)c1ccccc1. The van der Waals surface area contributed by atoms with Crippen molar-refractivity contribution >= 4 is 17.2 Å². The van der Waals surface area contributed by atoms with Gasteiger partial charge in [-0.05, 0) is 24.5 Å². The molecular weight excluding hydrogens is 168 g/mol. The van der Waals surface area contributed by atoms with Crippen molar-refractivity contribution in [1.29, 1.82) is 0 Å². The summed E-state index contributed by atoms with van der Waals surface area (Å²) in [5, 5.41) is 0. The van der Waals surface area contributed by atoms with Gasteiger partial charge in [-0.15, -0.1) is 11.6 Å². The maximum atomic E-state index is 5.59. The maximum Gasteiger partial charge on any atom is 0.0258 e. The Hall–Kier alpha value is -0.750. The number of alkyl halides is 1. The first kappa shape index (κ1) is 9.34. The lowest BCUT2D eigenvalue weighted by Gasteiger charge is -1.99. The molecule has 0 spiro atoms. The molecule has 1 aromatic carbocycles. The Morgan fingerprint density at radius 1 is 1.33 bits per heavy atom. The van der Waals surface area contributed by atoms with Crippen LogP contribution in [0, 0.1) is 0 Å². The fraction of sp³-hybridized carbons (Fsp3) is 0.273. The number of hydrogen-bond donors (Lipinski definition) is 0. The third kappa shape index (κ3) is 2.71. The van der Waals surface area contributed by atoms with E-state index in [1.165, 1.54) is 11.1 Å². The number of rotatable bonds is 3. The van der Waals surface area contributed by atoms with Crippen molar-refractivity contribution in [2.24, 2.45) is 0 Å². The molecule has 0 aliphatic carbocycles. The van der Waals surface area contributed by atoms with Crippen LogP contribution < -0.4 is 0 Å². The van der Waals surface area contributed by atoms with E-state index >= 15 is 0 Å². The Morgan fingerprint density at radius 3 is 2.58 bits per heavy atom. The van der Waals surface area contributed by atoms with E-state index in [2.05, 4.69) is 25.1 Å². The van der Waals surface area contributed by atoms with Gasteiger partial charge in [0.05, 0.1) is 0 Å². The standard InChI is InChI=1S/C11H13Cl/c1-10(6-5-9-12)11-7-3-2-4-8-11/h2-4,6-8H,5,9H2,1H3/b10-6-. The predicted molar refractivity (Wildman–Crippen MR) is 55.4 cm³/mol. The molecule has 0 saturated heterocycles. The summed E-state index contributed by atoms with van der Waals surface area (Å²) in [5.74, 6) is 0.699. The molecule has 0 amide bonds. The lowest BCUT2D eigenvalue weighted by Crippen LogP contribution is -1.78. The number of hydrogen-bond acceptors (Lipinski definition) is 0.